The predicted octanol–water partition coefficient (Wildman–Crippen LogP) is 3.90. The van der Waals surface area contributed by atoms with E-state index in [1.165, 1.54) is 25.7 Å². The van der Waals surface area contributed by atoms with Crippen LogP contribution in [0.3, 0.4) is 0 Å². The third kappa shape index (κ3) is 5.62. The maximum Gasteiger partial charge on any atom is 0.257 e. The van der Waals surface area contributed by atoms with Gasteiger partial charge in [-0.2, -0.15) is 0 Å². The van der Waals surface area contributed by atoms with Crippen LogP contribution in [0, 0.1) is 0 Å². The largest absolute Gasteiger partial charge is 0.484 e. The highest BCUT2D eigenvalue weighted by Crippen LogP contribution is 2.33. The maximum atomic E-state index is 11.9. The predicted molar refractivity (Wildman–Crippen MR) is 108 cm³/mol. The first-order chi connectivity index (χ1) is 13.2. The van der Waals surface area contributed by atoms with Crippen LogP contribution in [-0.2, 0) is 11.2 Å². The van der Waals surface area contributed by atoms with E-state index in [0.717, 1.165) is 23.8 Å². The van der Waals surface area contributed by atoms with E-state index >= 15 is 0 Å². The van der Waals surface area contributed by atoms with Crippen LogP contribution in [0.5, 0.6) is 5.75 Å². The van der Waals surface area contributed by atoms with Gasteiger partial charge in [-0.15, -0.1) is 10.2 Å². The summed E-state index contributed by atoms with van der Waals surface area (Å²) in [5.74, 6) is 1.47. The smallest absolute Gasteiger partial charge is 0.257 e. The summed E-state index contributed by atoms with van der Waals surface area (Å²) in [4.78, 5) is 11.9. The second-order valence-electron chi connectivity index (χ2n) is 6.61. The molecular weight excluding hydrogens is 384 g/mol. The molecule has 0 bridgehead atoms. The summed E-state index contributed by atoms with van der Waals surface area (Å²) >= 11 is 7.54. The number of carbonyl (C=O) groups is 1. The van der Waals surface area contributed by atoms with Crippen LogP contribution in [0.25, 0.3) is 0 Å². The molecule has 1 aromatic carbocycles. The Kier molecular flexibility index (Phi) is 7.41. The van der Waals surface area contributed by atoms with Crippen LogP contribution in [0.15, 0.2) is 29.4 Å². The molecule has 0 spiro atoms. The van der Waals surface area contributed by atoms with E-state index in [1.807, 2.05) is 6.26 Å². The van der Waals surface area contributed by atoms with Crippen LogP contribution in [0.2, 0.25) is 5.02 Å². The Hall–Kier alpha value is -1.73. The first kappa shape index (κ1) is 20.0. The molecule has 6 nitrogen and oxygen atoms in total. The standard InChI is InChI=1S/C19H25ClN4O2S/c1-27-19-23-22-17(24(19)15-7-2-3-8-15)10-5-11-21-18(25)13-26-16-9-4-6-14(20)12-16/h4,6,9,12,15H,2-3,5,7-8,10-11,13H2,1H3,(H,21,25). The number of hydrogen-bond donors (Lipinski definition) is 1. The number of halogens is 1. The summed E-state index contributed by atoms with van der Waals surface area (Å²) in [5, 5.41) is 13.2. The molecule has 3 rings (SSSR count). The number of thioether (sulfide) groups is 1. The minimum Gasteiger partial charge on any atom is -0.484 e. The van der Waals surface area contributed by atoms with E-state index in [2.05, 4.69) is 20.1 Å². The zero-order valence-corrected chi connectivity index (χ0v) is 17.1. The van der Waals surface area contributed by atoms with Gasteiger partial charge in [0.05, 0.1) is 0 Å². The van der Waals surface area contributed by atoms with Gasteiger partial charge in [-0.25, -0.2) is 0 Å². The third-order valence-corrected chi connectivity index (χ3v) is 5.55. The van der Waals surface area contributed by atoms with E-state index < -0.39 is 0 Å². The molecule has 8 heteroatoms. The van der Waals surface area contributed by atoms with Crippen molar-refractivity contribution in [2.24, 2.45) is 0 Å². The molecule has 1 aliphatic rings. The second kappa shape index (κ2) is 9.99. The normalized spacial score (nSPS) is 14.4. The van der Waals surface area contributed by atoms with Crippen molar-refractivity contribution in [3.8, 4) is 5.75 Å². The average molecular weight is 409 g/mol. The van der Waals surface area contributed by atoms with Gasteiger partial charge in [0.1, 0.15) is 11.6 Å². The zero-order chi connectivity index (χ0) is 19.1. The summed E-state index contributed by atoms with van der Waals surface area (Å²) in [5.41, 5.74) is 0. The maximum absolute atomic E-state index is 11.9. The Balaban J connectivity index is 1.42. The Labute approximate surface area is 169 Å². The lowest BCUT2D eigenvalue weighted by Gasteiger charge is -2.16. The molecule has 27 heavy (non-hydrogen) atoms. The molecule has 1 aromatic heterocycles. The van der Waals surface area contributed by atoms with E-state index in [-0.39, 0.29) is 12.5 Å². The lowest BCUT2D eigenvalue weighted by molar-refractivity contribution is -0.123. The molecule has 1 aliphatic carbocycles. The van der Waals surface area contributed by atoms with Crippen molar-refractivity contribution in [3.05, 3.63) is 35.1 Å². The van der Waals surface area contributed by atoms with Gasteiger partial charge < -0.3 is 14.6 Å². The number of aryl methyl sites for hydroxylation is 1. The number of benzene rings is 1. The fourth-order valence-corrected chi connectivity index (χ4v) is 4.13. The Morgan fingerprint density at radius 3 is 2.93 bits per heavy atom. The molecule has 1 fully saturated rings. The van der Waals surface area contributed by atoms with Crippen molar-refractivity contribution >= 4 is 29.3 Å². The highest BCUT2D eigenvalue weighted by atomic mass is 35.5. The minimum absolute atomic E-state index is 0.0186. The summed E-state index contributed by atoms with van der Waals surface area (Å²) in [6, 6.07) is 7.55. The molecule has 1 N–H and O–H groups in total. The molecular formula is C19H25ClN4O2S. The van der Waals surface area contributed by atoms with Gasteiger partial charge in [0.25, 0.3) is 5.91 Å². The van der Waals surface area contributed by atoms with Crippen LogP contribution in [0.1, 0.15) is 44.0 Å². The summed E-state index contributed by atoms with van der Waals surface area (Å²) in [6.07, 6.45) is 8.63. The van der Waals surface area contributed by atoms with Gasteiger partial charge in [0.2, 0.25) is 0 Å². The van der Waals surface area contributed by atoms with Crippen molar-refractivity contribution in [1.29, 1.82) is 0 Å². The van der Waals surface area contributed by atoms with E-state index in [4.69, 9.17) is 16.3 Å². The minimum atomic E-state index is -0.142. The van der Waals surface area contributed by atoms with Gasteiger partial charge in [0, 0.05) is 24.0 Å². The van der Waals surface area contributed by atoms with Gasteiger partial charge in [0.15, 0.2) is 11.8 Å². The summed E-state index contributed by atoms with van der Waals surface area (Å²) in [7, 11) is 0. The molecule has 146 valence electrons. The SMILES string of the molecule is CSc1nnc(CCCNC(=O)COc2cccc(Cl)c2)n1C1CCCC1. The number of nitrogens with one attached hydrogen (secondary N) is 1. The first-order valence-corrected chi connectivity index (χ1v) is 10.9. The number of hydrogen-bond acceptors (Lipinski definition) is 5. The van der Waals surface area contributed by atoms with Gasteiger partial charge >= 0.3 is 0 Å². The summed E-state index contributed by atoms with van der Waals surface area (Å²) < 4.78 is 7.75. The third-order valence-electron chi connectivity index (χ3n) is 4.67. The molecule has 0 saturated heterocycles. The molecule has 0 aliphatic heterocycles. The first-order valence-electron chi connectivity index (χ1n) is 9.30. The van der Waals surface area contributed by atoms with E-state index in [1.54, 1.807) is 36.0 Å². The number of rotatable bonds is 9. The van der Waals surface area contributed by atoms with Crippen molar-refractivity contribution < 1.29 is 9.53 Å². The highest BCUT2D eigenvalue weighted by molar-refractivity contribution is 7.98. The van der Waals surface area contributed by atoms with Crippen molar-refractivity contribution in [1.82, 2.24) is 20.1 Å². The van der Waals surface area contributed by atoms with Crippen molar-refractivity contribution in [2.75, 3.05) is 19.4 Å². The van der Waals surface area contributed by atoms with Crippen LogP contribution >= 0.6 is 23.4 Å². The summed E-state index contributed by atoms with van der Waals surface area (Å²) in [6.45, 7) is 0.569. The fourth-order valence-electron chi connectivity index (χ4n) is 3.38. The van der Waals surface area contributed by atoms with Gasteiger partial charge in [-0.1, -0.05) is 42.3 Å². The van der Waals surface area contributed by atoms with Crippen molar-refractivity contribution in [3.63, 3.8) is 0 Å². The topological polar surface area (TPSA) is 69.0 Å². The number of amides is 1. The monoisotopic (exact) mass is 408 g/mol. The van der Waals surface area contributed by atoms with Crippen LogP contribution in [0.4, 0.5) is 0 Å². The van der Waals surface area contributed by atoms with E-state index in [9.17, 15) is 4.79 Å². The zero-order valence-electron chi connectivity index (χ0n) is 15.5. The molecule has 0 unspecified atom stereocenters. The van der Waals surface area contributed by atoms with Gasteiger partial charge in [-0.05, 0) is 43.7 Å². The molecule has 0 radical (unpaired) electrons. The molecule has 1 heterocycles. The second-order valence-corrected chi connectivity index (χ2v) is 7.82. The molecule has 1 saturated carbocycles. The number of aromatic nitrogens is 3. The van der Waals surface area contributed by atoms with Gasteiger partial charge in [-0.3, -0.25) is 4.79 Å². The highest BCUT2D eigenvalue weighted by Gasteiger charge is 2.23. The lowest BCUT2D eigenvalue weighted by atomic mass is 10.2. The fraction of sp³-hybridized carbons (Fsp3) is 0.526. The molecule has 2 aromatic rings. The Bertz CT molecular complexity index is 762. The number of carbonyl (C=O) groups excluding carboxylic acids is 1. The molecule has 1 amide bonds. The Morgan fingerprint density at radius 2 is 2.19 bits per heavy atom. The number of nitrogens with zero attached hydrogens (tertiary/aromatic N) is 3. The number of ether oxygens (including phenoxy) is 1. The van der Waals surface area contributed by atoms with Crippen molar-refractivity contribution in [2.45, 2.75) is 49.7 Å². The molecule has 0 atom stereocenters. The Morgan fingerprint density at radius 1 is 1.37 bits per heavy atom. The lowest BCUT2D eigenvalue weighted by Crippen LogP contribution is -2.30. The van der Waals surface area contributed by atoms with E-state index in [0.29, 0.717) is 23.4 Å². The van der Waals surface area contributed by atoms with Crippen LogP contribution < -0.4 is 10.1 Å². The quantitative estimate of drug-likeness (QED) is 0.503. The van der Waals surface area contributed by atoms with Crippen LogP contribution in [-0.4, -0.2) is 40.1 Å². The average Bonchev–Trinajstić information content (AvgIpc) is 3.32.